The monoisotopic (exact) mass is 515 g/mol. The zero-order valence-electron chi connectivity index (χ0n) is 17.6. The van der Waals surface area contributed by atoms with Gasteiger partial charge in [-0.25, -0.2) is 0 Å². The van der Waals surface area contributed by atoms with E-state index in [-0.39, 0.29) is 28.1 Å². The van der Waals surface area contributed by atoms with Crippen LogP contribution in [-0.2, 0) is 27.5 Å². The van der Waals surface area contributed by atoms with E-state index in [1.165, 1.54) is 35.0 Å². The van der Waals surface area contributed by atoms with Crippen LogP contribution in [0.15, 0.2) is 77.7 Å². The fraction of sp³-hybridized carbons (Fsp3) is 0.136. The van der Waals surface area contributed by atoms with Crippen molar-refractivity contribution in [3.05, 3.63) is 88.8 Å². The first-order valence-corrected chi connectivity index (χ1v) is 13.1. The standard InChI is InChI=1S/C22H22AsN3O7/c1-16(27)25-32-23(30,33-31)18-9-5-10-19(15-18)26-14-6-11-20(22(26)29)24-21(28)13-12-17-7-3-2-4-8-17/h2-11,14-15,31H,12-13H2,1H3,(H,24,28)(H,25,27). The number of hydrogen-bond donors (Lipinski definition) is 3. The Morgan fingerprint density at radius 2 is 1.82 bits per heavy atom. The summed E-state index contributed by atoms with van der Waals surface area (Å²) in [5.41, 5.74) is 2.73. The van der Waals surface area contributed by atoms with E-state index in [0.29, 0.717) is 6.42 Å². The molecular formula is C22H22AsN3O7. The summed E-state index contributed by atoms with van der Waals surface area (Å²) in [6, 6.07) is 18.3. The van der Waals surface area contributed by atoms with Gasteiger partial charge in [-0.3, -0.25) is 0 Å². The molecule has 1 atom stereocenters. The summed E-state index contributed by atoms with van der Waals surface area (Å²) >= 11 is -5.04. The van der Waals surface area contributed by atoms with Crippen molar-refractivity contribution in [2.24, 2.45) is 0 Å². The summed E-state index contributed by atoms with van der Waals surface area (Å²) in [7, 11) is 0. The van der Waals surface area contributed by atoms with Crippen molar-refractivity contribution >= 4 is 36.0 Å². The molecule has 0 aliphatic carbocycles. The van der Waals surface area contributed by atoms with Gasteiger partial charge >= 0.3 is 174 Å². The van der Waals surface area contributed by atoms with Crippen molar-refractivity contribution in [1.82, 2.24) is 10.0 Å². The molecule has 0 fully saturated rings. The molecule has 10 nitrogen and oxygen atoms in total. The van der Waals surface area contributed by atoms with Gasteiger partial charge in [0.05, 0.1) is 0 Å². The molecule has 11 heteroatoms. The molecule has 172 valence electrons. The average molecular weight is 515 g/mol. The van der Waals surface area contributed by atoms with Crippen LogP contribution in [0.4, 0.5) is 5.69 Å². The second kappa shape index (κ2) is 10.9. The zero-order chi connectivity index (χ0) is 23.8. The zero-order valence-corrected chi connectivity index (χ0v) is 19.5. The molecule has 2 amide bonds. The van der Waals surface area contributed by atoms with Crippen LogP contribution >= 0.6 is 0 Å². The number of carbonyl (C=O) groups excluding carboxylic acids is 2. The third kappa shape index (κ3) is 6.30. The number of hydroxylamine groups is 1. The molecule has 0 aliphatic rings. The summed E-state index contributed by atoms with van der Waals surface area (Å²) in [5.74, 6) is -0.954. The van der Waals surface area contributed by atoms with Gasteiger partial charge in [0, 0.05) is 0 Å². The summed E-state index contributed by atoms with van der Waals surface area (Å²) in [6.07, 6.45) is 2.20. The molecule has 0 radical (unpaired) electrons. The van der Waals surface area contributed by atoms with Crippen LogP contribution in [-0.4, -0.2) is 35.8 Å². The minimum atomic E-state index is -5.04. The number of benzene rings is 2. The first-order chi connectivity index (χ1) is 15.8. The third-order valence-electron chi connectivity index (χ3n) is 4.55. The van der Waals surface area contributed by atoms with Gasteiger partial charge in [-0.05, 0) is 0 Å². The Morgan fingerprint density at radius 1 is 1.06 bits per heavy atom. The Morgan fingerprint density at radius 3 is 2.52 bits per heavy atom. The second-order valence-electron chi connectivity index (χ2n) is 6.98. The van der Waals surface area contributed by atoms with Gasteiger partial charge in [-0.1, -0.05) is 18.2 Å². The van der Waals surface area contributed by atoms with Gasteiger partial charge in [-0.15, -0.1) is 0 Å². The molecule has 33 heavy (non-hydrogen) atoms. The van der Waals surface area contributed by atoms with Crippen molar-refractivity contribution in [2.45, 2.75) is 19.8 Å². The average Bonchev–Trinajstić information content (AvgIpc) is 2.83. The van der Waals surface area contributed by atoms with Crippen LogP contribution in [0.1, 0.15) is 18.9 Å². The van der Waals surface area contributed by atoms with Gasteiger partial charge < -0.3 is 0 Å². The summed E-state index contributed by atoms with van der Waals surface area (Å²) in [5, 5.41) is 11.7. The summed E-state index contributed by atoms with van der Waals surface area (Å²) < 4.78 is 22.8. The molecule has 0 saturated heterocycles. The van der Waals surface area contributed by atoms with E-state index >= 15 is 0 Å². The van der Waals surface area contributed by atoms with Crippen LogP contribution in [0.5, 0.6) is 0 Å². The Labute approximate surface area is 192 Å². The molecule has 3 aromatic rings. The van der Waals surface area contributed by atoms with Crippen LogP contribution in [0.25, 0.3) is 5.69 Å². The number of aryl methyl sites for hydroxylation is 1. The Balaban J connectivity index is 1.80. The van der Waals surface area contributed by atoms with E-state index in [0.717, 1.165) is 12.5 Å². The summed E-state index contributed by atoms with van der Waals surface area (Å²) in [4.78, 5) is 36.3. The number of anilines is 1. The van der Waals surface area contributed by atoms with Gasteiger partial charge in [0.2, 0.25) is 0 Å². The molecule has 0 saturated carbocycles. The van der Waals surface area contributed by atoms with Gasteiger partial charge in [0.15, 0.2) is 0 Å². The van der Waals surface area contributed by atoms with E-state index < -0.39 is 25.6 Å². The first-order valence-electron chi connectivity index (χ1n) is 9.87. The quantitative estimate of drug-likeness (QED) is 0.224. The second-order valence-corrected chi connectivity index (χ2v) is 10.9. The summed E-state index contributed by atoms with van der Waals surface area (Å²) in [6.45, 7) is 1.13. The number of amides is 2. The number of pyridine rings is 1. The molecule has 0 spiro atoms. The Kier molecular flexibility index (Phi) is 8.02. The molecule has 3 N–H and O–H groups in total. The van der Waals surface area contributed by atoms with Crippen molar-refractivity contribution in [3.63, 3.8) is 0 Å². The molecule has 2 aromatic carbocycles. The maximum atomic E-state index is 12.9. The number of rotatable bonds is 9. The Hall–Kier alpha value is -3.43. The minimum absolute atomic E-state index is 0.0499. The van der Waals surface area contributed by atoms with E-state index in [4.69, 9.17) is 9.08 Å². The topological polar surface area (TPSA) is 136 Å². The predicted molar refractivity (Wildman–Crippen MR) is 120 cm³/mol. The van der Waals surface area contributed by atoms with Gasteiger partial charge in [0.1, 0.15) is 0 Å². The van der Waals surface area contributed by atoms with Crippen LogP contribution in [0.3, 0.4) is 0 Å². The Bertz CT molecular complexity index is 1240. The van der Waals surface area contributed by atoms with E-state index in [9.17, 15) is 18.1 Å². The third-order valence-corrected chi connectivity index (χ3v) is 7.60. The number of aromatic nitrogens is 1. The first kappa shape index (κ1) is 24.2. The molecule has 3 rings (SSSR count). The molecule has 1 unspecified atom stereocenters. The molecule has 1 aromatic heterocycles. The van der Waals surface area contributed by atoms with Crippen molar-refractivity contribution < 1.29 is 26.3 Å². The number of hydrogen-bond acceptors (Lipinski definition) is 7. The fourth-order valence-corrected chi connectivity index (χ4v) is 5.15. The molecule has 0 aliphatic heterocycles. The van der Waals surface area contributed by atoms with Crippen LogP contribution < -0.4 is 20.7 Å². The number of nitrogens with zero attached hydrogens (tertiary/aromatic N) is 1. The SMILES string of the molecule is CC(=O)NO[As](=O)(OO)c1cccc(-n2cccc(NC(=O)CCc3ccccc3)c2=O)c1. The van der Waals surface area contributed by atoms with Crippen LogP contribution in [0.2, 0.25) is 0 Å². The van der Waals surface area contributed by atoms with Crippen molar-refractivity contribution in [2.75, 3.05) is 5.32 Å². The van der Waals surface area contributed by atoms with E-state index in [1.807, 2.05) is 35.8 Å². The van der Waals surface area contributed by atoms with E-state index in [2.05, 4.69) is 9.19 Å². The van der Waals surface area contributed by atoms with Crippen molar-refractivity contribution in [3.8, 4) is 5.69 Å². The molecule has 1 heterocycles. The van der Waals surface area contributed by atoms with Crippen LogP contribution in [0, 0.1) is 0 Å². The van der Waals surface area contributed by atoms with E-state index in [1.54, 1.807) is 12.1 Å². The molecular weight excluding hydrogens is 493 g/mol. The fourth-order valence-electron chi connectivity index (χ4n) is 2.96. The number of carbonyl (C=O) groups is 2. The predicted octanol–water partition coefficient (Wildman–Crippen LogP) is 1.54. The van der Waals surface area contributed by atoms with Crippen molar-refractivity contribution in [1.29, 1.82) is 0 Å². The van der Waals surface area contributed by atoms with Gasteiger partial charge in [-0.2, -0.15) is 0 Å². The number of nitrogens with one attached hydrogen (secondary N) is 2. The van der Waals surface area contributed by atoms with Gasteiger partial charge in [0.25, 0.3) is 0 Å². The maximum absolute atomic E-state index is 12.9. The molecule has 0 bridgehead atoms. The normalized spacial score (nSPS) is 12.5.